The van der Waals surface area contributed by atoms with E-state index in [2.05, 4.69) is 9.47 Å². The normalized spacial score (nSPS) is 15.3. The first-order valence-corrected chi connectivity index (χ1v) is 35.7. The number of esters is 4. The molecule has 8 aromatic carbocycles. The molecule has 0 aliphatic carbocycles. The lowest BCUT2D eigenvalue weighted by atomic mass is 9.72. The van der Waals surface area contributed by atoms with Crippen LogP contribution in [0, 0.1) is 34.6 Å². The molecule has 9 N–H and O–H groups in total. The summed E-state index contributed by atoms with van der Waals surface area (Å²) in [6.07, 6.45) is -39.2. The number of Topliss-reactive ketones (excluding diaryl/α,β-unsaturated/α-hetero) is 2. The summed E-state index contributed by atoms with van der Waals surface area (Å²) in [5.74, 6) is -7.91. The zero-order chi connectivity index (χ0) is 93.9. The number of carbonyl (C=O) groups excluding carboxylic acids is 8. The van der Waals surface area contributed by atoms with Crippen molar-refractivity contribution in [2.24, 2.45) is 0 Å². The van der Waals surface area contributed by atoms with Gasteiger partial charge in [0, 0.05) is 46.5 Å². The summed E-state index contributed by atoms with van der Waals surface area (Å²) >= 11 is 0. The van der Waals surface area contributed by atoms with Crippen molar-refractivity contribution < 1.29 is 170 Å². The fourth-order valence-corrected chi connectivity index (χ4v) is 13.9. The average Bonchev–Trinajstić information content (AvgIpc) is 1.27. The largest absolute Gasteiger partial charge is 0.478 e. The zero-order valence-electron chi connectivity index (χ0n) is 65.8. The third-order valence-electron chi connectivity index (χ3n) is 21.4. The summed E-state index contributed by atoms with van der Waals surface area (Å²) in [5, 5.41) is 51.0. The molecular weight excluding hydrogens is 1690 g/mol. The first-order valence-electron chi connectivity index (χ1n) is 35.7. The molecular formula is C84H71F21N2O16. The number of aryl methyl sites for hydroxylation is 4. The lowest BCUT2D eigenvalue weighted by Crippen LogP contribution is -2.54. The van der Waals surface area contributed by atoms with Gasteiger partial charge in [0.1, 0.15) is 5.41 Å². The van der Waals surface area contributed by atoms with Gasteiger partial charge in [-0.15, -0.1) is 0 Å². The molecule has 0 radical (unpaired) electrons. The van der Waals surface area contributed by atoms with Crippen LogP contribution in [-0.2, 0) is 71.6 Å². The fourth-order valence-electron chi connectivity index (χ4n) is 13.9. The van der Waals surface area contributed by atoms with Crippen molar-refractivity contribution in [3.8, 4) is 0 Å². The van der Waals surface area contributed by atoms with Crippen LogP contribution in [0.5, 0.6) is 0 Å². The van der Waals surface area contributed by atoms with Crippen molar-refractivity contribution >= 4 is 58.9 Å². The third-order valence-corrected chi connectivity index (χ3v) is 21.4. The summed E-state index contributed by atoms with van der Waals surface area (Å²) in [6, 6.07) is 18.7. The Labute approximate surface area is 683 Å². The Hall–Kier alpha value is -11.8. The number of hydrogen-bond acceptors (Lipinski definition) is 17. The first kappa shape index (κ1) is 98.3. The smallest absolute Gasteiger partial charge is 0.421 e. The second-order valence-electron chi connectivity index (χ2n) is 29.8. The number of cyclic esters (lactones) is 4. The van der Waals surface area contributed by atoms with Gasteiger partial charge in [0.15, 0.2) is 34.0 Å². The number of rotatable bonds is 18. The van der Waals surface area contributed by atoms with Crippen LogP contribution >= 0.6 is 0 Å². The van der Waals surface area contributed by atoms with E-state index in [4.69, 9.17) is 21.1 Å². The molecule has 2 aliphatic rings. The highest BCUT2D eigenvalue weighted by Crippen LogP contribution is 2.57. The van der Waals surface area contributed by atoms with E-state index in [1.54, 1.807) is 0 Å². The molecule has 8 aromatic rings. The minimum atomic E-state index is -6.21. The molecule has 4 unspecified atom stereocenters. The van der Waals surface area contributed by atoms with Crippen molar-refractivity contribution in [3.05, 3.63) is 266 Å². The molecule has 2 heterocycles. The molecule has 0 amide bonds. The number of carboxylic acid groups (broad SMARTS) is 1. The zero-order valence-corrected chi connectivity index (χ0v) is 65.8. The van der Waals surface area contributed by atoms with Crippen LogP contribution in [0.2, 0.25) is 0 Å². The molecule has 660 valence electrons. The van der Waals surface area contributed by atoms with Crippen molar-refractivity contribution in [2.75, 3.05) is 11.5 Å². The van der Waals surface area contributed by atoms with E-state index in [1.807, 2.05) is 0 Å². The Balaban J connectivity index is 0.000000278. The Morgan fingerprint density at radius 2 is 0.699 bits per heavy atom. The van der Waals surface area contributed by atoms with Crippen LogP contribution in [0.15, 0.2) is 127 Å². The Kier molecular flexibility index (Phi) is 27.3. The molecule has 0 spiro atoms. The molecule has 4 atom stereocenters. The number of ketones is 2. The third kappa shape index (κ3) is 18.8. The van der Waals surface area contributed by atoms with Gasteiger partial charge in [0.2, 0.25) is 5.41 Å². The van der Waals surface area contributed by atoms with Crippen LogP contribution in [0.3, 0.4) is 0 Å². The number of fused-ring (bicyclic) bond motifs is 2. The number of aromatic carboxylic acids is 1. The van der Waals surface area contributed by atoms with Crippen LogP contribution in [0.4, 0.5) is 104 Å². The van der Waals surface area contributed by atoms with Crippen molar-refractivity contribution in [3.63, 3.8) is 0 Å². The number of aliphatic hydroxyl groups is 4. The molecule has 0 saturated carbocycles. The molecule has 2 aliphatic heterocycles. The highest BCUT2D eigenvalue weighted by atomic mass is 19.4. The van der Waals surface area contributed by atoms with E-state index in [1.165, 1.54) is 65.8 Å². The number of nitrogens with two attached hydrogens (primary N) is 2. The van der Waals surface area contributed by atoms with Gasteiger partial charge in [-0.05, 0) is 201 Å². The number of benzene rings is 8. The van der Waals surface area contributed by atoms with Gasteiger partial charge >= 0.3 is 79.2 Å². The lowest BCUT2D eigenvalue weighted by molar-refractivity contribution is -0.288. The second-order valence-corrected chi connectivity index (χ2v) is 29.8. The number of carbonyl (C=O) groups is 7. The lowest BCUT2D eigenvalue weighted by Gasteiger charge is -2.38. The van der Waals surface area contributed by atoms with E-state index in [-0.39, 0.29) is 121 Å². The SMILES string of the molecule is CC(c1ccc2c(c1)C(=O)OC2=O)(c1ccc2c(c1)C(=O)OC2=O)C(F)(F)F.CCC(=O)c1ccc(C(c2ccc(C(=O)Cc3c(C)cc(Cc4cc(C)c(C)c(C(C)(O)C(F)(F)F)c4)cc3C(C)(O)C(F)(F)F)cc2)(C(F)(F)F)C(F)(F)F)cc1C(=O)O.Cc1cc(Cc2cc(C)c(N)c(C(C)(O)C(F)(F)F)c2)cc(C(C)(O)C(F)(F)F)c1N.O=C=O. The van der Waals surface area contributed by atoms with Crippen molar-refractivity contribution in [1.82, 2.24) is 0 Å². The second kappa shape index (κ2) is 34.1. The van der Waals surface area contributed by atoms with Crippen LogP contribution in [0.25, 0.3) is 0 Å². The van der Waals surface area contributed by atoms with Gasteiger partial charge in [-0.3, -0.25) is 9.59 Å². The summed E-state index contributed by atoms with van der Waals surface area (Å²) in [6.45, 7) is 11.2. The molecule has 123 heavy (non-hydrogen) atoms. The van der Waals surface area contributed by atoms with Crippen molar-refractivity contribution in [1.29, 1.82) is 0 Å². The van der Waals surface area contributed by atoms with E-state index in [0.717, 1.165) is 67.6 Å². The molecule has 0 aromatic heterocycles. The molecule has 10 rings (SSSR count). The quantitative estimate of drug-likeness (QED) is 0.0138. The molecule has 0 saturated heterocycles. The maximum Gasteiger partial charge on any atom is 0.421 e. The monoisotopic (exact) mass is 1760 g/mol. The maximum atomic E-state index is 14.9. The predicted molar refractivity (Wildman–Crippen MR) is 392 cm³/mol. The van der Waals surface area contributed by atoms with Crippen molar-refractivity contribution in [2.45, 2.75) is 178 Å². The van der Waals surface area contributed by atoms with Gasteiger partial charge in [0.05, 0.1) is 27.8 Å². The summed E-state index contributed by atoms with van der Waals surface area (Å²) < 4.78 is 305. The minimum Gasteiger partial charge on any atom is -0.478 e. The maximum absolute atomic E-state index is 14.9. The standard InChI is InChI=1S/C43H38F12O6.C21H24F6N2O2.C19H9F3O6.CO2/c1-7-34(56)29-13-12-28(19-31(29)36(58)59)39(42(50,51)52,43(53,54)55)27-10-8-26(9-11-27)35(57)20-30-22(3)15-25(18-33(30)38(6,61)41(47,48)49)16-24-14-21(2)23(4)32(17-24)37(5,60)40(44,45)46;1-10-5-12(8-14(16(10)28)18(3,30)20(22,23)24)7-13-6-11(2)17(29)15(9-13)19(4,31)21(25,26)27;1-18(19(20,21)22,8-2-4-10-12(6-8)16(25)27-14(10)23)9-3-5-11-13(7-9)17(26)28-15(11)24;2-1-3/h8-15,17-19,60-61H,7,16,20H2,1-6H3,(H,58,59);5-6,8-9,30-31H,7,28-29H2,1-4H3;2-7H,1H3;. The predicted octanol–water partition coefficient (Wildman–Crippen LogP) is 18.1. The van der Waals surface area contributed by atoms with Gasteiger partial charge in [-0.1, -0.05) is 104 Å². The van der Waals surface area contributed by atoms with Crippen LogP contribution < -0.4 is 11.5 Å². The van der Waals surface area contributed by atoms with Gasteiger partial charge in [0.25, 0.3) is 0 Å². The number of anilines is 2. The van der Waals surface area contributed by atoms with Crippen LogP contribution in [-0.4, -0.2) is 116 Å². The molecule has 0 bridgehead atoms. The highest BCUT2D eigenvalue weighted by molar-refractivity contribution is 6.16. The summed E-state index contributed by atoms with van der Waals surface area (Å²) in [7, 11) is 0. The van der Waals surface area contributed by atoms with Gasteiger partial charge < -0.3 is 46.5 Å². The Bertz CT molecular complexity index is 5400. The highest BCUT2D eigenvalue weighted by Gasteiger charge is 2.73. The number of halogens is 21. The van der Waals surface area contributed by atoms with Gasteiger partial charge in [-0.2, -0.15) is 102 Å². The fraction of sp³-hybridized carbons (Fsp3) is 0.333. The number of alkyl halides is 21. The summed E-state index contributed by atoms with van der Waals surface area (Å²) in [4.78, 5) is 101. The molecule has 18 nitrogen and oxygen atoms in total. The van der Waals surface area contributed by atoms with Crippen LogP contribution in [0.1, 0.15) is 221 Å². The molecule has 0 fully saturated rings. The topological polar surface area (TPSA) is 325 Å². The molecule has 39 heteroatoms. The van der Waals surface area contributed by atoms with E-state index in [0.29, 0.717) is 69.7 Å². The number of hydrogen-bond donors (Lipinski definition) is 7. The Morgan fingerprint density at radius 3 is 1.06 bits per heavy atom. The Morgan fingerprint density at radius 1 is 0.374 bits per heavy atom. The summed E-state index contributed by atoms with van der Waals surface area (Å²) in [5.41, 5.74) is -18.2. The number of ether oxygens (including phenoxy) is 2. The number of nitrogen functional groups attached to an aromatic ring is 2. The first-order chi connectivity index (χ1) is 55.9. The van der Waals surface area contributed by atoms with E-state index in [9.17, 15) is 151 Å². The van der Waals surface area contributed by atoms with E-state index < -0.39 is 180 Å². The van der Waals surface area contributed by atoms with Gasteiger partial charge in [-0.25, -0.2) is 24.0 Å². The minimum absolute atomic E-state index is 0.0206. The number of carboxylic acids is 1. The average molecular weight is 1760 g/mol. The van der Waals surface area contributed by atoms with E-state index >= 15 is 0 Å².